The molecule has 0 bridgehead atoms. The zero-order chi connectivity index (χ0) is 10.7. The average molecular weight is 258 g/mol. The van der Waals surface area contributed by atoms with Gasteiger partial charge in [0.1, 0.15) is 5.82 Å². The average Bonchev–Trinajstić information content (AvgIpc) is 2.17. The first kappa shape index (κ1) is 11.5. The van der Waals surface area contributed by atoms with Gasteiger partial charge in [-0.25, -0.2) is 4.98 Å². The van der Waals surface area contributed by atoms with E-state index in [1.165, 1.54) is 0 Å². The Bertz CT molecular complexity index is 312. The van der Waals surface area contributed by atoms with Gasteiger partial charge in [-0.05, 0) is 41.4 Å². The first-order valence-electron chi connectivity index (χ1n) is 4.63. The van der Waals surface area contributed by atoms with Crippen molar-refractivity contribution in [2.24, 2.45) is 5.73 Å². The van der Waals surface area contributed by atoms with E-state index in [4.69, 9.17) is 5.73 Å². The molecule has 1 aromatic heterocycles. The lowest BCUT2D eigenvalue weighted by Gasteiger charge is -2.23. The number of aromatic nitrogens is 1. The highest BCUT2D eigenvalue weighted by Gasteiger charge is 2.08. The number of nitrogens with two attached hydrogens (primary N) is 1. The van der Waals surface area contributed by atoms with Crippen LogP contribution in [0.4, 0.5) is 5.82 Å². The number of nitrogens with zero attached hydrogens (tertiary/aromatic N) is 2. The van der Waals surface area contributed by atoms with Crippen LogP contribution >= 0.6 is 15.9 Å². The van der Waals surface area contributed by atoms with Crippen molar-refractivity contribution >= 4 is 21.7 Å². The Balaban J connectivity index is 3.00. The van der Waals surface area contributed by atoms with Crippen LogP contribution in [-0.2, 0) is 6.54 Å². The van der Waals surface area contributed by atoms with E-state index in [0.29, 0.717) is 12.6 Å². The van der Waals surface area contributed by atoms with Crippen molar-refractivity contribution in [3.05, 3.63) is 22.3 Å². The number of pyridine rings is 1. The quantitative estimate of drug-likeness (QED) is 0.903. The lowest BCUT2D eigenvalue weighted by atomic mass is 10.2. The number of anilines is 1. The normalized spacial score (nSPS) is 10.7. The summed E-state index contributed by atoms with van der Waals surface area (Å²) in [5, 5.41) is 0. The van der Waals surface area contributed by atoms with Crippen molar-refractivity contribution in [3.63, 3.8) is 0 Å². The van der Waals surface area contributed by atoms with E-state index in [1.807, 2.05) is 13.1 Å². The standard InChI is InChI=1S/C10H16BrN3/c1-7(2)14(3)10-4-8(5-12)9(11)6-13-10/h4,6-7H,5,12H2,1-3H3. The lowest BCUT2D eigenvalue weighted by Crippen LogP contribution is -2.26. The maximum absolute atomic E-state index is 5.62. The third-order valence-corrected chi connectivity index (χ3v) is 2.99. The fraction of sp³-hybridized carbons (Fsp3) is 0.500. The van der Waals surface area contributed by atoms with Crippen LogP contribution in [0.1, 0.15) is 19.4 Å². The first-order chi connectivity index (χ1) is 6.56. The molecule has 0 atom stereocenters. The van der Waals surface area contributed by atoms with Crippen LogP contribution in [0.3, 0.4) is 0 Å². The van der Waals surface area contributed by atoms with E-state index in [0.717, 1.165) is 15.9 Å². The predicted octanol–water partition coefficient (Wildman–Crippen LogP) is 2.15. The molecule has 0 saturated heterocycles. The Morgan fingerprint density at radius 2 is 2.21 bits per heavy atom. The third-order valence-electron chi connectivity index (χ3n) is 2.28. The van der Waals surface area contributed by atoms with Crippen LogP contribution in [-0.4, -0.2) is 18.1 Å². The minimum absolute atomic E-state index is 0.439. The molecule has 0 saturated carbocycles. The van der Waals surface area contributed by atoms with Crippen LogP contribution in [0.2, 0.25) is 0 Å². The highest BCUT2D eigenvalue weighted by atomic mass is 79.9. The summed E-state index contributed by atoms with van der Waals surface area (Å²) in [6, 6.07) is 2.46. The van der Waals surface area contributed by atoms with E-state index in [-0.39, 0.29) is 0 Å². The number of hydrogen-bond acceptors (Lipinski definition) is 3. The van der Waals surface area contributed by atoms with Crippen molar-refractivity contribution in [1.29, 1.82) is 0 Å². The van der Waals surface area contributed by atoms with Crippen LogP contribution in [0.15, 0.2) is 16.7 Å². The molecule has 0 aromatic carbocycles. The topological polar surface area (TPSA) is 42.1 Å². The Labute approximate surface area is 93.4 Å². The monoisotopic (exact) mass is 257 g/mol. The van der Waals surface area contributed by atoms with Gasteiger partial charge in [0.2, 0.25) is 0 Å². The van der Waals surface area contributed by atoms with Gasteiger partial charge >= 0.3 is 0 Å². The van der Waals surface area contributed by atoms with Crippen LogP contribution in [0.5, 0.6) is 0 Å². The lowest BCUT2D eigenvalue weighted by molar-refractivity contribution is 0.742. The van der Waals surface area contributed by atoms with Gasteiger partial charge in [-0.3, -0.25) is 0 Å². The van der Waals surface area contributed by atoms with Gasteiger partial charge in [-0.15, -0.1) is 0 Å². The Hall–Kier alpha value is -0.610. The van der Waals surface area contributed by atoms with Crippen molar-refractivity contribution in [2.45, 2.75) is 26.4 Å². The highest BCUT2D eigenvalue weighted by molar-refractivity contribution is 9.10. The molecule has 0 unspecified atom stereocenters. The van der Waals surface area contributed by atoms with Gasteiger partial charge in [0.15, 0.2) is 0 Å². The summed E-state index contributed by atoms with van der Waals surface area (Å²) in [7, 11) is 2.03. The summed E-state index contributed by atoms with van der Waals surface area (Å²) in [4.78, 5) is 6.45. The smallest absolute Gasteiger partial charge is 0.128 e. The Kier molecular flexibility index (Phi) is 3.89. The first-order valence-corrected chi connectivity index (χ1v) is 5.43. The van der Waals surface area contributed by atoms with Gasteiger partial charge in [-0.1, -0.05) is 0 Å². The Morgan fingerprint density at radius 1 is 1.57 bits per heavy atom. The molecule has 3 nitrogen and oxygen atoms in total. The maximum Gasteiger partial charge on any atom is 0.128 e. The summed E-state index contributed by atoms with van der Waals surface area (Å²) in [5.74, 6) is 0.962. The molecule has 2 N–H and O–H groups in total. The van der Waals surface area contributed by atoms with Crippen molar-refractivity contribution in [1.82, 2.24) is 4.98 Å². The molecule has 0 aliphatic carbocycles. The van der Waals surface area contributed by atoms with Crippen LogP contribution in [0, 0.1) is 0 Å². The summed E-state index contributed by atoms with van der Waals surface area (Å²) in [6.45, 7) is 4.79. The van der Waals surface area contributed by atoms with E-state index >= 15 is 0 Å². The van der Waals surface area contributed by atoms with Gasteiger partial charge in [0.05, 0.1) is 0 Å². The van der Waals surface area contributed by atoms with Gasteiger partial charge in [0, 0.05) is 30.3 Å². The minimum atomic E-state index is 0.439. The Morgan fingerprint density at radius 3 is 2.71 bits per heavy atom. The fourth-order valence-electron chi connectivity index (χ4n) is 1.08. The SMILES string of the molecule is CC(C)N(C)c1cc(CN)c(Br)cn1. The molecular formula is C10H16BrN3. The molecule has 1 heterocycles. The molecule has 0 fully saturated rings. The molecule has 0 amide bonds. The molecule has 0 radical (unpaired) electrons. The van der Waals surface area contributed by atoms with Crippen molar-refractivity contribution in [2.75, 3.05) is 11.9 Å². The van der Waals surface area contributed by atoms with Crippen molar-refractivity contribution in [3.8, 4) is 0 Å². The van der Waals surface area contributed by atoms with Gasteiger partial charge in [0.25, 0.3) is 0 Å². The summed E-state index contributed by atoms with van der Waals surface area (Å²) >= 11 is 3.42. The summed E-state index contributed by atoms with van der Waals surface area (Å²) < 4.78 is 0.973. The number of halogens is 1. The van der Waals surface area contributed by atoms with Crippen molar-refractivity contribution < 1.29 is 0 Å². The molecule has 1 rings (SSSR count). The molecule has 0 aliphatic rings. The molecule has 0 spiro atoms. The zero-order valence-corrected chi connectivity index (χ0v) is 10.4. The van der Waals surface area contributed by atoms with E-state index < -0.39 is 0 Å². The second kappa shape index (κ2) is 4.75. The molecule has 1 aromatic rings. The highest BCUT2D eigenvalue weighted by Crippen LogP contribution is 2.20. The molecule has 0 aliphatic heterocycles. The molecular weight excluding hydrogens is 242 g/mol. The van der Waals surface area contributed by atoms with E-state index in [2.05, 4.69) is 39.7 Å². The minimum Gasteiger partial charge on any atom is -0.357 e. The maximum atomic E-state index is 5.62. The zero-order valence-electron chi connectivity index (χ0n) is 8.79. The number of rotatable bonds is 3. The second-order valence-electron chi connectivity index (χ2n) is 3.54. The van der Waals surface area contributed by atoms with Gasteiger partial charge in [-0.2, -0.15) is 0 Å². The van der Waals surface area contributed by atoms with E-state index in [9.17, 15) is 0 Å². The fourth-order valence-corrected chi connectivity index (χ4v) is 1.46. The largest absolute Gasteiger partial charge is 0.357 e. The third kappa shape index (κ3) is 2.45. The summed E-state index contributed by atoms with van der Waals surface area (Å²) in [5.41, 5.74) is 6.71. The second-order valence-corrected chi connectivity index (χ2v) is 4.40. The molecule has 78 valence electrons. The molecule has 4 heteroatoms. The van der Waals surface area contributed by atoms with E-state index in [1.54, 1.807) is 6.20 Å². The van der Waals surface area contributed by atoms with Crippen LogP contribution in [0.25, 0.3) is 0 Å². The van der Waals surface area contributed by atoms with Gasteiger partial charge < -0.3 is 10.6 Å². The van der Waals surface area contributed by atoms with Crippen LogP contribution < -0.4 is 10.6 Å². The summed E-state index contributed by atoms with van der Waals surface area (Å²) in [6.07, 6.45) is 1.80. The predicted molar refractivity (Wildman–Crippen MR) is 63.4 cm³/mol. The molecule has 14 heavy (non-hydrogen) atoms. The number of hydrogen-bond donors (Lipinski definition) is 1.